The standard InChI is InChI=1S/C24H27N7O4S2/c1-30-14-17(13-27-30)37(32)29-20-9-15(10-21(33-2)23(20)34-3)18-8-16(12-26-24(18)25)19-11-22(36-28-19)31-4-6-35-7-5-31/h8-14,29H,4-7H2,1-3H3,(H2,25,26). The number of ether oxygens (including phenoxy) is 3. The molecule has 4 aromatic rings. The zero-order chi connectivity index (χ0) is 25.9. The number of nitrogens with zero attached hydrogens (tertiary/aromatic N) is 5. The Balaban J connectivity index is 1.51. The van der Waals surface area contributed by atoms with E-state index in [-0.39, 0.29) is 0 Å². The van der Waals surface area contributed by atoms with E-state index in [0.29, 0.717) is 46.7 Å². The van der Waals surface area contributed by atoms with Crippen LogP contribution >= 0.6 is 11.5 Å². The molecule has 1 aliphatic rings. The average Bonchev–Trinajstić information content (AvgIpc) is 3.59. The van der Waals surface area contributed by atoms with Crippen LogP contribution < -0.4 is 24.8 Å². The molecule has 4 heterocycles. The van der Waals surface area contributed by atoms with Gasteiger partial charge >= 0.3 is 0 Å². The molecule has 1 unspecified atom stereocenters. The van der Waals surface area contributed by atoms with Crippen molar-refractivity contribution in [2.45, 2.75) is 4.90 Å². The summed E-state index contributed by atoms with van der Waals surface area (Å²) in [5, 5.41) is 5.18. The minimum atomic E-state index is -1.58. The van der Waals surface area contributed by atoms with E-state index < -0.39 is 11.0 Å². The van der Waals surface area contributed by atoms with Gasteiger partial charge in [-0.25, -0.2) is 9.19 Å². The largest absolute Gasteiger partial charge is 0.493 e. The van der Waals surface area contributed by atoms with E-state index in [9.17, 15) is 4.21 Å². The van der Waals surface area contributed by atoms with Crippen molar-refractivity contribution in [3.05, 3.63) is 42.9 Å². The Labute approximate surface area is 220 Å². The summed E-state index contributed by atoms with van der Waals surface area (Å²) >= 11 is 1.45. The molecule has 1 saturated heterocycles. The minimum absolute atomic E-state index is 0.346. The van der Waals surface area contributed by atoms with Gasteiger partial charge in [-0.3, -0.25) is 9.40 Å². The molecule has 0 aliphatic carbocycles. The lowest BCUT2D eigenvalue weighted by Crippen LogP contribution is -2.35. The van der Waals surface area contributed by atoms with Crippen LogP contribution in [-0.2, 0) is 22.8 Å². The maximum atomic E-state index is 13.0. The van der Waals surface area contributed by atoms with E-state index >= 15 is 0 Å². The van der Waals surface area contributed by atoms with Gasteiger partial charge in [-0.1, -0.05) is 0 Å². The molecule has 0 spiro atoms. The highest BCUT2D eigenvalue weighted by Crippen LogP contribution is 2.42. The molecule has 3 N–H and O–H groups in total. The van der Waals surface area contributed by atoms with E-state index in [1.807, 2.05) is 18.2 Å². The fraction of sp³-hybridized carbons (Fsp3) is 0.292. The summed E-state index contributed by atoms with van der Waals surface area (Å²) in [7, 11) is 3.26. The summed E-state index contributed by atoms with van der Waals surface area (Å²) in [5.74, 6) is 1.22. The van der Waals surface area contributed by atoms with Crippen LogP contribution in [0.4, 0.5) is 16.5 Å². The van der Waals surface area contributed by atoms with Gasteiger partial charge in [-0.05, 0) is 35.3 Å². The topological polar surface area (TPSA) is 130 Å². The Bertz CT molecular complexity index is 1430. The molecule has 0 saturated carbocycles. The fourth-order valence-corrected chi connectivity index (χ4v) is 5.70. The number of anilines is 3. The number of nitrogens with two attached hydrogens (primary N) is 1. The lowest BCUT2D eigenvalue weighted by molar-refractivity contribution is 0.123. The van der Waals surface area contributed by atoms with Gasteiger partial charge in [0, 0.05) is 49.7 Å². The Hall–Kier alpha value is -3.68. The van der Waals surface area contributed by atoms with Gasteiger partial charge in [0.05, 0.1) is 49.9 Å². The van der Waals surface area contributed by atoms with Gasteiger partial charge in [0.25, 0.3) is 0 Å². The van der Waals surface area contributed by atoms with Crippen molar-refractivity contribution in [2.75, 3.05) is 55.9 Å². The highest BCUT2D eigenvalue weighted by molar-refractivity contribution is 7.86. The van der Waals surface area contributed by atoms with E-state index in [1.54, 1.807) is 37.4 Å². The Kier molecular flexibility index (Phi) is 7.26. The van der Waals surface area contributed by atoms with Gasteiger partial charge in [0.2, 0.25) is 0 Å². The predicted octanol–water partition coefficient (Wildman–Crippen LogP) is 3.18. The van der Waals surface area contributed by atoms with Gasteiger partial charge < -0.3 is 24.8 Å². The third-order valence-corrected chi connectivity index (χ3v) is 7.82. The summed E-state index contributed by atoms with van der Waals surface area (Å²) < 4.78 is 38.8. The van der Waals surface area contributed by atoms with Crippen molar-refractivity contribution in [3.8, 4) is 33.9 Å². The quantitative estimate of drug-likeness (QED) is 0.345. The Morgan fingerprint density at radius 3 is 2.62 bits per heavy atom. The summed E-state index contributed by atoms with van der Waals surface area (Å²) in [6.07, 6.45) is 4.94. The van der Waals surface area contributed by atoms with Crippen LogP contribution in [0.3, 0.4) is 0 Å². The van der Waals surface area contributed by atoms with Gasteiger partial charge in [-0.15, -0.1) is 0 Å². The van der Waals surface area contributed by atoms with Crippen molar-refractivity contribution in [3.63, 3.8) is 0 Å². The van der Waals surface area contributed by atoms with E-state index in [1.165, 1.54) is 18.6 Å². The normalized spacial score (nSPS) is 14.4. The number of nitrogen functional groups attached to an aromatic ring is 1. The molecular formula is C24H27N7O4S2. The predicted molar refractivity (Wildman–Crippen MR) is 145 cm³/mol. The molecular weight excluding hydrogens is 514 g/mol. The summed E-state index contributed by atoms with van der Waals surface area (Å²) in [4.78, 5) is 7.23. The second kappa shape index (κ2) is 10.7. The maximum Gasteiger partial charge on any atom is 0.184 e. The lowest BCUT2D eigenvalue weighted by atomic mass is 10.0. The van der Waals surface area contributed by atoms with Gasteiger partial charge in [0.1, 0.15) is 10.8 Å². The van der Waals surface area contributed by atoms with Crippen molar-refractivity contribution in [2.24, 2.45) is 7.05 Å². The number of morpholine rings is 1. The van der Waals surface area contributed by atoms with Gasteiger partial charge in [0.15, 0.2) is 22.5 Å². The van der Waals surface area contributed by atoms with Crippen LogP contribution in [0.2, 0.25) is 0 Å². The summed E-state index contributed by atoms with van der Waals surface area (Å²) in [6.45, 7) is 3.10. The third-order valence-electron chi connectivity index (χ3n) is 5.92. The first-order valence-electron chi connectivity index (χ1n) is 11.5. The molecule has 1 aliphatic heterocycles. The van der Waals surface area contributed by atoms with Crippen LogP contribution in [0, 0.1) is 0 Å². The zero-order valence-corrected chi connectivity index (χ0v) is 22.3. The van der Waals surface area contributed by atoms with Crippen molar-refractivity contribution >= 4 is 39.0 Å². The van der Waals surface area contributed by atoms with Crippen molar-refractivity contribution < 1.29 is 18.4 Å². The molecule has 5 rings (SSSR count). The molecule has 1 aromatic carbocycles. The number of nitrogens with one attached hydrogen (secondary N) is 1. The number of pyridine rings is 1. The second-order valence-electron chi connectivity index (χ2n) is 8.29. The van der Waals surface area contributed by atoms with Crippen LogP contribution in [-0.4, -0.2) is 63.9 Å². The number of rotatable bonds is 8. The number of benzene rings is 1. The van der Waals surface area contributed by atoms with Crippen LogP contribution in [0.15, 0.2) is 47.8 Å². The monoisotopic (exact) mass is 541 g/mol. The Morgan fingerprint density at radius 2 is 1.92 bits per heavy atom. The molecule has 0 amide bonds. The molecule has 13 heteroatoms. The molecule has 11 nitrogen and oxygen atoms in total. The van der Waals surface area contributed by atoms with Gasteiger partial charge in [-0.2, -0.15) is 9.47 Å². The first-order valence-corrected chi connectivity index (χ1v) is 13.4. The molecule has 1 atom stereocenters. The van der Waals surface area contributed by atoms with Crippen LogP contribution in [0.5, 0.6) is 11.5 Å². The lowest BCUT2D eigenvalue weighted by Gasteiger charge is -2.26. The molecule has 0 radical (unpaired) electrons. The highest BCUT2D eigenvalue weighted by atomic mass is 32.2. The number of aryl methyl sites for hydroxylation is 1. The number of aromatic nitrogens is 4. The third kappa shape index (κ3) is 5.24. The van der Waals surface area contributed by atoms with E-state index in [0.717, 1.165) is 34.9 Å². The zero-order valence-electron chi connectivity index (χ0n) is 20.6. The Morgan fingerprint density at radius 1 is 1.11 bits per heavy atom. The fourth-order valence-electron chi connectivity index (χ4n) is 4.03. The van der Waals surface area contributed by atoms with Crippen LogP contribution in [0.1, 0.15) is 0 Å². The first-order chi connectivity index (χ1) is 18.0. The molecule has 3 aromatic heterocycles. The SMILES string of the molecule is COc1cc(-c2cc(-c3cc(N4CCOCC4)sn3)cnc2N)cc(NS(=O)c2cnn(C)c2)c1OC. The smallest absolute Gasteiger partial charge is 0.184 e. The average molecular weight is 542 g/mol. The summed E-state index contributed by atoms with van der Waals surface area (Å²) in [5.41, 5.74) is 9.86. The maximum absolute atomic E-state index is 13.0. The van der Waals surface area contributed by atoms with E-state index in [2.05, 4.69) is 30.1 Å². The molecule has 0 bridgehead atoms. The molecule has 194 valence electrons. The molecule has 1 fully saturated rings. The number of hydrogen-bond donors (Lipinski definition) is 2. The number of methoxy groups -OCH3 is 2. The van der Waals surface area contributed by atoms with E-state index in [4.69, 9.17) is 19.9 Å². The van der Waals surface area contributed by atoms with Crippen molar-refractivity contribution in [1.29, 1.82) is 0 Å². The minimum Gasteiger partial charge on any atom is -0.493 e. The molecule has 37 heavy (non-hydrogen) atoms. The van der Waals surface area contributed by atoms with Crippen molar-refractivity contribution in [1.82, 2.24) is 19.1 Å². The summed E-state index contributed by atoms with van der Waals surface area (Å²) in [6, 6.07) is 7.64. The highest BCUT2D eigenvalue weighted by Gasteiger charge is 2.20. The van der Waals surface area contributed by atoms with Crippen LogP contribution in [0.25, 0.3) is 22.4 Å². The second-order valence-corrected chi connectivity index (χ2v) is 10.3. The number of hydrogen-bond acceptors (Lipinski definition) is 10. The first kappa shape index (κ1) is 25.0.